The van der Waals surface area contributed by atoms with Gasteiger partial charge in [-0.3, -0.25) is 0 Å². The SMILES string of the molecule is CC1CNc2ccc3c(S(=O)(=O)N(C)C)cccc3c21. The zero-order chi connectivity index (χ0) is 14.5. The molecule has 1 aliphatic heterocycles. The van der Waals surface area contributed by atoms with E-state index in [0.29, 0.717) is 10.8 Å². The molecule has 0 saturated carbocycles. The van der Waals surface area contributed by atoms with Crippen LogP contribution in [-0.2, 0) is 10.0 Å². The summed E-state index contributed by atoms with van der Waals surface area (Å²) in [6.07, 6.45) is 0. The Hall–Kier alpha value is -1.59. The van der Waals surface area contributed by atoms with Crippen molar-refractivity contribution in [2.24, 2.45) is 0 Å². The van der Waals surface area contributed by atoms with Gasteiger partial charge in [0, 0.05) is 37.6 Å². The number of hydrogen-bond acceptors (Lipinski definition) is 3. The van der Waals surface area contributed by atoms with Crippen molar-refractivity contribution in [2.45, 2.75) is 17.7 Å². The monoisotopic (exact) mass is 290 g/mol. The van der Waals surface area contributed by atoms with Gasteiger partial charge < -0.3 is 5.32 Å². The molecule has 2 aromatic carbocycles. The first-order valence-corrected chi connectivity index (χ1v) is 8.09. The molecule has 1 aliphatic rings. The summed E-state index contributed by atoms with van der Waals surface area (Å²) in [5.41, 5.74) is 2.34. The van der Waals surface area contributed by atoms with Gasteiger partial charge in [0.05, 0.1) is 4.90 Å². The van der Waals surface area contributed by atoms with E-state index in [0.717, 1.165) is 23.0 Å². The fraction of sp³-hybridized carbons (Fsp3) is 0.333. The van der Waals surface area contributed by atoms with E-state index in [1.54, 1.807) is 20.2 Å². The topological polar surface area (TPSA) is 49.4 Å². The molecular weight excluding hydrogens is 272 g/mol. The summed E-state index contributed by atoms with van der Waals surface area (Å²) in [7, 11) is -0.303. The molecule has 0 fully saturated rings. The third-order valence-electron chi connectivity index (χ3n) is 3.91. The first-order chi connectivity index (χ1) is 9.43. The summed E-state index contributed by atoms with van der Waals surface area (Å²) in [6.45, 7) is 3.06. The first kappa shape index (κ1) is 13.4. The number of fused-ring (bicyclic) bond motifs is 3. The minimum atomic E-state index is -3.43. The fourth-order valence-electron chi connectivity index (χ4n) is 2.82. The first-order valence-electron chi connectivity index (χ1n) is 6.65. The number of sulfonamides is 1. The van der Waals surface area contributed by atoms with Crippen LogP contribution in [0.25, 0.3) is 10.8 Å². The van der Waals surface area contributed by atoms with E-state index in [1.165, 1.54) is 9.87 Å². The van der Waals surface area contributed by atoms with Gasteiger partial charge in [-0.25, -0.2) is 12.7 Å². The predicted molar refractivity (Wildman–Crippen MR) is 81.7 cm³/mol. The predicted octanol–water partition coefficient (Wildman–Crippen LogP) is 2.62. The number of nitrogens with one attached hydrogen (secondary N) is 1. The molecule has 0 bridgehead atoms. The quantitative estimate of drug-likeness (QED) is 0.925. The Labute approximate surface area is 119 Å². The molecule has 0 aromatic heterocycles. The molecule has 3 rings (SSSR count). The third kappa shape index (κ3) is 1.81. The van der Waals surface area contributed by atoms with Crippen LogP contribution in [-0.4, -0.2) is 33.4 Å². The Morgan fingerprint density at radius 3 is 2.60 bits per heavy atom. The lowest BCUT2D eigenvalue weighted by Gasteiger charge is -2.15. The van der Waals surface area contributed by atoms with E-state index >= 15 is 0 Å². The van der Waals surface area contributed by atoms with Crippen molar-refractivity contribution in [1.82, 2.24) is 4.31 Å². The summed E-state index contributed by atoms with van der Waals surface area (Å²) in [5, 5.41) is 5.19. The number of rotatable bonds is 2. The summed E-state index contributed by atoms with van der Waals surface area (Å²) >= 11 is 0. The average Bonchev–Trinajstić information content (AvgIpc) is 2.80. The molecule has 0 amide bonds. The Balaban J connectivity index is 2.36. The Morgan fingerprint density at radius 2 is 1.90 bits per heavy atom. The molecule has 1 heterocycles. The minimum absolute atomic E-state index is 0.377. The summed E-state index contributed by atoms with van der Waals surface area (Å²) < 4.78 is 26.1. The number of anilines is 1. The maximum atomic E-state index is 12.4. The maximum Gasteiger partial charge on any atom is 0.243 e. The standard InChI is InChI=1S/C15H18N2O2S/c1-10-9-16-13-8-7-11-12(15(10)13)5-4-6-14(11)20(18,19)17(2)3/h4-8,10,16H,9H2,1-3H3. The van der Waals surface area contributed by atoms with Crippen LogP contribution in [0, 0.1) is 0 Å². The molecule has 0 aliphatic carbocycles. The van der Waals surface area contributed by atoms with Crippen LogP contribution in [0.15, 0.2) is 35.2 Å². The minimum Gasteiger partial charge on any atom is -0.384 e. The number of benzene rings is 2. The molecule has 2 aromatic rings. The summed E-state index contributed by atoms with van der Waals surface area (Å²) in [5.74, 6) is 0.394. The highest BCUT2D eigenvalue weighted by Gasteiger charge is 2.25. The van der Waals surface area contributed by atoms with Crippen LogP contribution in [0.2, 0.25) is 0 Å². The molecule has 0 spiro atoms. The zero-order valence-electron chi connectivity index (χ0n) is 11.8. The van der Waals surface area contributed by atoms with Gasteiger partial charge in [-0.15, -0.1) is 0 Å². The molecule has 20 heavy (non-hydrogen) atoms. The van der Waals surface area contributed by atoms with Gasteiger partial charge >= 0.3 is 0 Å². The molecule has 1 unspecified atom stereocenters. The van der Waals surface area contributed by atoms with E-state index in [4.69, 9.17) is 0 Å². The molecule has 0 saturated heterocycles. The Morgan fingerprint density at radius 1 is 1.15 bits per heavy atom. The zero-order valence-corrected chi connectivity index (χ0v) is 12.7. The highest BCUT2D eigenvalue weighted by molar-refractivity contribution is 7.89. The molecule has 0 radical (unpaired) electrons. The number of nitrogens with zero attached hydrogens (tertiary/aromatic N) is 1. The normalized spacial score (nSPS) is 18.3. The lowest BCUT2D eigenvalue weighted by molar-refractivity contribution is 0.521. The Bertz CT molecular complexity index is 782. The lowest BCUT2D eigenvalue weighted by Crippen LogP contribution is -2.22. The highest BCUT2D eigenvalue weighted by atomic mass is 32.2. The smallest absolute Gasteiger partial charge is 0.243 e. The van der Waals surface area contributed by atoms with Crippen LogP contribution < -0.4 is 5.32 Å². The second-order valence-corrected chi connectivity index (χ2v) is 7.57. The lowest BCUT2D eigenvalue weighted by atomic mass is 9.96. The fourth-order valence-corrected chi connectivity index (χ4v) is 3.92. The third-order valence-corrected chi connectivity index (χ3v) is 5.79. The van der Waals surface area contributed by atoms with Gasteiger partial charge in [-0.1, -0.05) is 25.1 Å². The molecule has 4 nitrogen and oxygen atoms in total. The van der Waals surface area contributed by atoms with Crippen molar-refractivity contribution in [3.05, 3.63) is 35.9 Å². The number of hydrogen-bond donors (Lipinski definition) is 1. The summed E-state index contributed by atoms with van der Waals surface area (Å²) in [4.78, 5) is 0.377. The molecule has 106 valence electrons. The van der Waals surface area contributed by atoms with Crippen LogP contribution in [0.3, 0.4) is 0 Å². The van der Waals surface area contributed by atoms with Gasteiger partial charge in [0.1, 0.15) is 0 Å². The largest absolute Gasteiger partial charge is 0.384 e. The van der Waals surface area contributed by atoms with Gasteiger partial charge in [0.2, 0.25) is 10.0 Å². The molecular formula is C15H18N2O2S. The van der Waals surface area contributed by atoms with Gasteiger partial charge in [0.25, 0.3) is 0 Å². The molecule has 1 atom stereocenters. The van der Waals surface area contributed by atoms with Crippen molar-refractivity contribution >= 4 is 26.5 Å². The van der Waals surface area contributed by atoms with E-state index in [1.807, 2.05) is 24.3 Å². The van der Waals surface area contributed by atoms with E-state index < -0.39 is 10.0 Å². The van der Waals surface area contributed by atoms with Gasteiger partial charge in [-0.05, 0) is 23.1 Å². The Kier molecular flexibility index (Phi) is 2.99. The van der Waals surface area contributed by atoms with Gasteiger partial charge in [-0.2, -0.15) is 0 Å². The highest BCUT2D eigenvalue weighted by Crippen LogP contribution is 2.39. The summed E-state index contributed by atoms with van der Waals surface area (Å²) in [6, 6.07) is 9.39. The van der Waals surface area contributed by atoms with Crippen LogP contribution in [0.4, 0.5) is 5.69 Å². The van der Waals surface area contributed by atoms with Crippen molar-refractivity contribution in [1.29, 1.82) is 0 Å². The maximum absolute atomic E-state index is 12.4. The van der Waals surface area contributed by atoms with Gasteiger partial charge in [0.15, 0.2) is 0 Å². The van der Waals surface area contributed by atoms with Crippen LogP contribution >= 0.6 is 0 Å². The van der Waals surface area contributed by atoms with Crippen molar-refractivity contribution < 1.29 is 8.42 Å². The van der Waals surface area contributed by atoms with Crippen molar-refractivity contribution in [3.8, 4) is 0 Å². The van der Waals surface area contributed by atoms with E-state index in [2.05, 4.69) is 12.2 Å². The van der Waals surface area contributed by atoms with Crippen molar-refractivity contribution in [3.63, 3.8) is 0 Å². The second kappa shape index (κ2) is 4.46. The second-order valence-electron chi connectivity index (χ2n) is 5.45. The van der Waals surface area contributed by atoms with Crippen molar-refractivity contribution in [2.75, 3.05) is 26.0 Å². The van der Waals surface area contributed by atoms with E-state index in [-0.39, 0.29) is 0 Å². The van der Waals surface area contributed by atoms with Crippen LogP contribution in [0.5, 0.6) is 0 Å². The average molecular weight is 290 g/mol. The van der Waals surface area contributed by atoms with Crippen LogP contribution in [0.1, 0.15) is 18.4 Å². The molecule has 5 heteroatoms. The molecule has 1 N–H and O–H groups in total. The van der Waals surface area contributed by atoms with E-state index in [9.17, 15) is 8.42 Å².